The number of amides is 4. The molecule has 2 aliphatic rings. The number of nitrogens with one attached hydrogen (secondary N) is 2. The van der Waals surface area contributed by atoms with Crippen molar-refractivity contribution in [3.05, 3.63) is 54.1 Å². The van der Waals surface area contributed by atoms with Gasteiger partial charge in [-0.1, -0.05) is 18.2 Å². The molecule has 29 heavy (non-hydrogen) atoms. The van der Waals surface area contributed by atoms with Crippen molar-refractivity contribution in [3.63, 3.8) is 0 Å². The van der Waals surface area contributed by atoms with Crippen LogP contribution in [0.1, 0.15) is 30.1 Å². The summed E-state index contributed by atoms with van der Waals surface area (Å²) in [5.74, 6) is -0.594. The third-order valence-electron chi connectivity index (χ3n) is 5.42. The highest BCUT2D eigenvalue weighted by molar-refractivity contribution is 6.58. The van der Waals surface area contributed by atoms with Gasteiger partial charge < -0.3 is 20.7 Å². The summed E-state index contributed by atoms with van der Waals surface area (Å²) in [5.41, 5.74) is 0.335. The van der Waals surface area contributed by atoms with Crippen LogP contribution in [0.2, 0.25) is 0 Å². The fourth-order valence-electron chi connectivity index (χ4n) is 3.59. The molecule has 2 aromatic rings. The summed E-state index contributed by atoms with van der Waals surface area (Å²) in [6.07, 6.45) is 1.82. The molecule has 148 valence electrons. The minimum atomic E-state index is -1.67. The zero-order valence-corrected chi connectivity index (χ0v) is 15.8. The van der Waals surface area contributed by atoms with Gasteiger partial charge in [0, 0.05) is 11.3 Å². The third kappa shape index (κ3) is 3.50. The standard InChI is InChI=1S/C20H20BN3O5/c1-20(13-8-9-13)18(26)24(19(27)23-20)16-7-3-6-15(11-16)22-17(25)12-4-2-5-14(10-12)21(28)29/h2-7,10-11,13,28-29H,8-9H2,1H3,(H,22,25)(H,23,27). The van der Waals surface area contributed by atoms with E-state index >= 15 is 0 Å². The SMILES string of the molecule is CC1(C2CC2)NC(=O)N(c2cccc(NC(=O)c3cccc(B(O)O)c3)c2)C1=O. The topological polar surface area (TPSA) is 119 Å². The first-order valence-electron chi connectivity index (χ1n) is 9.34. The first-order valence-corrected chi connectivity index (χ1v) is 9.34. The van der Waals surface area contributed by atoms with Gasteiger partial charge in [-0.05, 0) is 61.5 Å². The van der Waals surface area contributed by atoms with Crippen LogP contribution in [0.15, 0.2) is 48.5 Å². The molecule has 2 aromatic carbocycles. The lowest BCUT2D eigenvalue weighted by Crippen LogP contribution is -2.46. The van der Waals surface area contributed by atoms with E-state index in [2.05, 4.69) is 10.6 Å². The molecule has 0 radical (unpaired) electrons. The van der Waals surface area contributed by atoms with Gasteiger partial charge in [0.2, 0.25) is 0 Å². The van der Waals surface area contributed by atoms with Gasteiger partial charge in [-0.2, -0.15) is 0 Å². The highest BCUT2D eigenvalue weighted by Crippen LogP contribution is 2.43. The zero-order chi connectivity index (χ0) is 20.8. The summed E-state index contributed by atoms with van der Waals surface area (Å²) >= 11 is 0. The number of hydrogen-bond acceptors (Lipinski definition) is 5. The average molecular weight is 393 g/mol. The van der Waals surface area contributed by atoms with Crippen LogP contribution in [-0.4, -0.2) is 40.6 Å². The van der Waals surface area contributed by atoms with E-state index in [1.807, 2.05) is 0 Å². The highest BCUT2D eigenvalue weighted by atomic mass is 16.4. The summed E-state index contributed by atoms with van der Waals surface area (Å²) in [5, 5.41) is 24.0. The van der Waals surface area contributed by atoms with Crippen molar-refractivity contribution >= 4 is 41.8 Å². The van der Waals surface area contributed by atoms with Gasteiger partial charge >= 0.3 is 13.1 Å². The largest absolute Gasteiger partial charge is 0.488 e. The van der Waals surface area contributed by atoms with Crippen LogP contribution in [-0.2, 0) is 4.79 Å². The van der Waals surface area contributed by atoms with Gasteiger partial charge in [-0.3, -0.25) is 9.59 Å². The lowest BCUT2D eigenvalue weighted by Gasteiger charge is -2.21. The quantitative estimate of drug-likeness (QED) is 0.444. The number of nitrogens with zero attached hydrogens (tertiary/aromatic N) is 1. The van der Waals surface area contributed by atoms with Crippen molar-refractivity contribution < 1.29 is 24.4 Å². The summed E-state index contributed by atoms with van der Waals surface area (Å²) in [4.78, 5) is 39.0. The van der Waals surface area contributed by atoms with Crippen molar-refractivity contribution in [2.45, 2.75) is 25.3 Å². The highest BCUT2D eigenvalue weighted by Gasteiger charge is 2.56. The molecule has 1 unspecified atom stereocenters. The number of imide groups is 1. The van der Waals surface area contributed by atoms with E-state index < -0.39 is 24.6 Å². The van der Waals surface area contributed by atoms with Gasteiger partial charge in [-0.25, -0.2) is 9.69 Å². The van der Waals surface area contributed by atoms with Crippen LogP contribution in [0.5, 0.6) is 0 Å². The predicted octanol–water partition coefficient (Wildman–Crippen LogP) is 0.844. The minimum Gasteiger partial charge on any atom is -0.423 e. The molecule has 0 bridgehead atoms. The third-order valence-corrected chi connectivity index (χ3v) is 5.42. The Bertz CT molecular complexity index is 1010. The van der Waals surface area contributed by atoms with Crippen molar-refractivity contribution in [3.8, 4) is 0 Å². The van der Waals surface area contributed by atoms with Crippen LogP contribution in [0.3, 0.4) is 0 Å². The minimum absolute atomic E-state index is 0.154. The number of rotatable bonds is 5. The molecule has 1 aliphatic carbocycles. The van der Waals surface area contributed by atoms with E-state index in [1.165, 1.54) is 12.1 Å². The maximum absolute atomic E-state index is 12.9. The lowest BCUT2D eigenvalue weighted by molar-refractivity contribution is -0.122. The monoisotopic (exact) mass is 393 g/mol. The zero-order valence-electron chi connectivity index (χ0n) is 15.8. The first-order chi connectivity index (χ1) is 13.8. The molecule has 2 fully saturated rings. The van der Waals surface area contributed by atoms with Crippen molar-refractivity contribution in [2.24, 2.45) is 5.92 Å². The maximum atomic E-state index is 12.9. The van der Waals surface area contributed by atoms with E-state index in [0.717, 1.165) is 17.7 Å². The molecule has 4 rings (SSSR count). The van der Waals surface area contributed by atoms with E-state index in [-0.39, 0.29) is 22.9 Å². The number of anilines is 2. The van der Waals surface area contributed by atoms with Gasteiger partial charge in [0.1, 0.15) is 5.54 Å². The molecular formula is C20H20BN3O5. The lowest BCUT2D eigenvalue weighted by atomic mass is 9.79. The number of carbonyl (C=O) groups is 3. The molecule has 1 heterocycles. The Morgan fingerprint density at radius 2 is 1.90 bits per heavy atom. The van der Waals surface area contributed by atoms with Crippen molar-refractivity contribution in [1.29, 1.82) is 0 Å². The molecule has 0 spiro atoms. The Morgan fingerprint density at radius 1 is 1.17 bits per heavy atom. The summed E-state index contributed by atoms with van der Waals surface area (Å²) in [6.45, 7) is 1.75. The normalized spacial score (nSPS) is 21.1. The summed E-state index contributed by atoms with van der Waals surface area (Å²) in [7, 11) is -1.67. The molecule has 0 aromatic heterocycles. The second kappa shape index (κ2) is 7.02. The first kappa shape index (κ1) is 19.2. The molecule has 4 N–H and O–H groups in total. The van der Waals surface area contributed by atoms with E-state index in [9.17, 15) is 24.4 Å². The van der Waals surface area contributed by atoms with Crippen LogP contribution in [0.4, 0.5) is 16.2 Å². The van der Waals surface area contributed by atoms with E-state index in [4.69, 9.17) is 0 Å². The fraction of sp³-hybridized carbons (Fsp3) is 0.250. The van der Waals surface area contributed by atoms with Gasteiger partial charge in [-0.15, -0.1) is 0 Å². The number of benzene rings is 2. The number of urea groups is 1. The second-order valence-electron chi connectivity index (χ2n) is 7.55. The van der Waals surface area contributed by atoms with Gasteiger partial charge in [0.15, 0.2) is 0 Å². The van der Waals surface area contributed by atoms with Gasteiger partial charge in [0.25, 0.3) is 11.8 Å². The molecule has 1 saturated carbocycles. The van der Waals surface area contributed by atoms with Crippen LogP contribution >= 0.6 is 0 Å². The molecule has 4 amide bonds. The Kier molecular flexibility index (Phi) is 4.64. The van der Waals surface area contributed by atoms with E-state index in [1.54, 1.807) is 43.3 Å². The summed E-state index contributed by atoms with van der Waals surface area (Å²) < 4.78 is 0. The Labute approximate surface area is 167 Å². The Hall–Kier alpha value is -3.17. The van der Waals surface area contributed by atoms with Crippen molar-refractivity contribution in [1.82, 2.24) is 5.32 Å². The van der Waals surface area contributed by atoms with Crippen LogP contribution in [0, 0.1) is 5.92 Å². The maximum Gasteiger partial charge on any atom is 0.488 e. The van der Waals surface area contributed by atoms with Crippen LogP contribution < -0.4 is 21.0 Å². The van der Waals surface area contributed by atoms with E-state index in [0.29, 0.717) is 11.4 Å². The smallest absolute Gasteiger partial charge is 0.423 e. The van der Waals surface area contributed by atoms with Crippen LogP contribution in [0.25, 0.3) is 0 Å². The predicted molar refractivity (Wildman–Crippen MR) is 108 cm³/mol. The molecular weight excluding hydrogens is 373 g/mol. The molecule has 1 aliphatic heterocycles. The Morgan fingerprint density at radius 3 is 2.59 bits per heavy atom. The fourth-order valence-corrected chi connectivity index (χ4v) is 3.59. The second-order valence-corrected chi connectivity index (χ2v) is 7.55. The molecule has 9 heteroatoms. The van der Waals surface area contributed by atoms with Gasteiger partial charge in [0.05, 0.1) is 5.69 Å². The molecule has 1 saturated heterocycles. The number of carbonyl (C=O) groups excluding carboxylic acids is 3. The number of hydrogen-bond donors (Lipinski definition) is 4. The molecule has 8 nitrogen and oxygen atoms in total. The average Bonchev–Trinajstić information content (AvgIpc) is 3.51. The molecule has 1 atom stereocenters. The van der Waals surface area contributed by atoms with Crippen molar-refractivity contribution in [2.75, 3.05) is 10.2 Å². The summed E-state index contributed by atoms with van der Waals surface area (Å²) in [6, 6.07) is 12.0. The Balaban J connectivity index is 1.55.